The van der Waals surface area contributed by atoms with Crippen molar-refractivity contribution in [3.63, 3.8) is 0 Å². The summed E-state index contributed by atoms with van der Waals surface area (Å²) in [5.41, 5.74) is 1.02. The molecule has 0 saturated carbocycles. The molecule has 0 saturated heterocycles. The molecule has 0 radical (unpaired) electrons. The molecule has 2 rings (SSSR count). The molecular weight excluding hydrogens is 325 g/mol. The van der Waals surface area contributed by atoms with Crippen LogP contribution in [0.15, 0.2) is 40.2 Å². The Morgan fingerprint density at radius 3 is 2.84 bits per heavy atom. The van der Waals surface area contributed by atoms with Gasteiger partial charge < -0.3 is 5.32 Å². The highest BCUT2D eigenvalue weighted by molar-refractivity contribution is 9.10. The van der Waals surface area contributed by atoms with E-state index in [1.165, 1.54) is 10.9 Å². The van der Waals surface area contributed by atoms with Gasteiger partial charge in [0.25, 0.3) is 0 Å². The van der Waals surface area contributed by atoms with Crippen molar-refractivity contribution in [2.75, 3.05) is 6.54 Å². The molecule has 0 fully saturated rings. The van der Waals surface area contributed by atoms with Crippen molar-refractivity contribution in [1.29, 1.82) is 0 Å². The molecule has 1 N–H and O–H groups in total. The van der Waals surface area contributed by atoms with E-state index in [-0.39, 0.29) is 5.82 Å². The van der Waals surface area contributed by atoms with E-state index >= 15 is 0 Å². The third-order valence-electron chi connectivity index (χ3n) is 2.99. The Kier molecular flexibility index (Phi) is 5.55. The normalized spacial score (nSPS) is 12.6. The predicted molar refractivity (Wildman–Crippen MR) is 83.3 cm³/mol. The maximum atomic E-state index is 13.3. The van der Waals surface area contributed by atoms with Gasteiger partial charge in [-0.15, -0.1) is 11.3 Å². The quantitative estimate of drug-likeness (QED) is 0.820. The summed E-state index contributed by atoms with van der Waals surface area (Å²) in [6.45, 7) is 3.02. The SMILES string of the molecule is CCNC(Cc1cccs1)Cc1cc(F)ccc1Br. The number of benzene rings is 1. The zero-order valence-corrected chi connectivity index (χ0v) is 13.2. The molecule has 1 unspecified atom stereocenters. The summed E-state index contributed by atoms with van der Waals surface area (Å²) < 4.78 is 14.3. The summed E-state index contributed by atoms with van der Waals surface area (Å²) in [6, 6.07) is 9.43. The van der Waals surface area contributed by atoms with Gasteiger partial charge in [0.2, 0.25) is 0 Å². The number of halogens is 2. The van der Waals surface area contributed by atoms with Crippen LogP contribution < -0.4 is 5.32 Å². The molecule has 1 nitrogen and oxygen atoms in total. The Labute approximate surface area is 126 Å². The van der Waals surface area contributed by atoms with Gasteiger partial charge in [0.1, 0.15) is 5.82 Å². The van der Waals surface area contributed by atoms with Crippen LogP contribution in [-0.4, -0.2) is 12.6 Å². The van der Waals surface area contributed by atoms with E-state index in [2.05, 4.69) is 45.7 Å². The molecule has 0 bridgehead atoms. The first kappa shape index (κ1) is 14.7. The van der Waals surface area contributed by atoms with Crippen molar-refractivity contribution in [3.05, 3.63) is 56.4 Å². The monoisotopic (exact) mass is 341 g/mol. The van der Waals surface area contributed by atoms with Crippen LogP contribution in [0.3, 0.4) is 0 Å². The van der Waals surface area contributed by atoms with E-state index in [0.717, 1.165) is 29.4 Å². The number of nitrogens with one attached hydrogen (secondary N) is 1. The van der Waals surface area contributed by atoms with Gasteiger partial charge in [-0.3, -0.25) is 0 Å². The zero-order chi connectivity index (χ0) is 13.7. The molecule has 0 aliphatic heterocycles. The molecule has 1 heterocycles. The van der Waals surface area contributed by atoms with Gasteiger partial charge in [-0.1, -0.05) is 28.9 Å². The lowest BCUT2D eigenvalue weighted by Gasteiger charge is -2.18. The molecule has 2 aromatic rings. The average Bonchev–Trinajstić information content (AvgIpc) is 2.87. The predicted octanol–water partition coefficient (Wildman–Crippen LogP) is 4.41. The maximum Gasteiger partial charge on any atom is 0.123 e. The minimum Gasteiger partial charge on any atom is -0.314 e. The third kappa shape index (κ3) is 4.41. The van der Waals surface area contributed by atoms with E-state index in [1.54, 1.807) is 23.5 Å². The van der Waals surface area contributed by atoms with Gasteiger partial charge in [-0.25, -0.2) is 4.39 Å². The van der Waals surface area contributed by atoms with Crippen molar-refractivity contribution >= 4 is 27.3 Å². The summed E-state index contributed by atoms with van der Waals surface area (Å²) in [4.78, 5) is 1.36. The molecular formula is C15H17BrFNS. The number of rotatable bonds is 6. The van der Waals surface area contributed by atoms with Crippen LogP contribution >= 0.6 is 27.3 Å². The number of thiophene rings is 1. The summed E-state index contributed by atoms with van der Waals surface area (Å²) in [7, 11) is 0. The minimum atomic E-state index is -0.176. The van der Waals surface area contributed by atoms with E-state index in [0.29, 0.717) is 6.04 Å². The highest BCUT2D eigenvalue weighted by Gasteiger charge is 2.12. The molecule has 0 spiro atoms. The van der Waals surface area contributed by atoms with Gasteiger partial charge in [0.05, 0.1) is 0 Å². The minimum absolute atomic E-state index is 0.176. The highest BCUT2D eigenvalue weighted by atomic mass is 79.9. The Morgan fingerprint density at radius 2 is 2.16 bits per heavy atom. The Bertz CT molecular complexity index is 513. The molecule has 102 valence electrons. The van der Waals surface area contributed by atoms with E-state index < -0.39 is 0 Å². The maximum absolute atomic E-state index is 13.3. The fourth-order valence-corrected chi connectivity index (χ4v) is 3.34. The van der Waals surface area contributed by atoms with Gasteiger partial charge in [0.15, 0.2) is 0 Å². The highest BCUT2D eigenvalue weighted by Crippen LogP contribution is 2.21. The van der Waals surface area contributed by atoms with E-state index in [9.17, 15) is 4.39 Å². The second-order valence-corrected chi connectivity index (χ2v) is 6.36. The standard InChI is InChI=1S/C15H17BrFNS/c1-2-18-13(10-14-4-3-7-19-14)9-11-8-12(17)5-6-15(11)16/h3-8,13,18H,2,9-10H2,1H3. The first-order valence-corrected chi connectivity index (χ1v) is 8.06. The fraction of sp³-hybridized carbons (Fsp3) is 0.333. The lowest BCUT2D eigenvalue weighted by Crippen LogP contribution is -2.32. The summed E-state index contributed by atoms with van der Waals surface area (Å²) >= 11 is 5.27. The lowest BCUT2D eigenvalue weighted by atomic mass is 10.0. The first-order chi connectivity index (χ1) is 9.19. The second-order valence-electron chi connectivity index (χ2n) is 4.48. The second kappa shape index (κ2) is 7.17. The molecule has 1 aromatic heterocycles. The van der Waals surface area contributed by atoms with E-state index in [4.69, 9.17) is 0 Å². The Morgan fingerprint density at radius 1 is 1.32 bits per heavy atom. The number of hydrogen-bond donors (Lipinski definition) is 1. The average molecular weight is 342 g/mol. The number of likely N-dealkylation sites (N-methyl/N-ethyl adjacent to an activating group) is 1. The summed E-state index contributed by atoms with van der Waals surface area (Å²) in [6.07, 6.45) is 1.80. The van der Waals surface area contributed by atoms with Crippen LogP contribution in [-0.2, 0) is 12.8 Å². The van der Waals surface area contributed by atoms with Crippen molar-refractivity contribution in [2.24, 2.45) is 0 Å². The van der Waals surface area contributed by atoms with Crippen molar-refractivity contribution in [2.45, 2.75) is 25.8 Å². The van der Waals surface area contributed by atoms with Gasteiger partial charge in [-0.05, 0) is 54.6 Å². The number of hydrogen-bond acceptors (Lipinski definition) is 2. The molecule has 0 aliphatic carbocycles. The Hall–Kier alpha value is -0.710. The third-order valence-corrected chi connectivity index (χ3v) is 4.67. The Balaban J connectivity index is 2.09. The van der Waals surface area contributed by atoms with Crippen LogP contribution in [0.1, 0.15) is 17.4 Å². The summed E-state index contributed by atoms with van der Waals surface area (Å²) in [5, 5.41) is 5.57. The summed E-state index contributed by atoms with van der Waals surface area (Å²) in [5.74, 6) is -0.176. The van der Waals surface area contributed by atoms with Crippen LogP contribution in [0.4, 0.5) is 4.39 Å². The van der Waals surface area contributed by atoms with Gasteiger partial charge >= 0.3 is 0 Å². The first-order valence-electron chi connectivity index (χ1n) is 6.38. The van der Waals surface area contributed by atoms with Crippen LogP contribution in [0.25, 0.3) is 0 Å². The molecule has 0 aliphatic rings. The fourth-order valence-electron chi connectivity index (χ4n) is 2.14. The lowest BCUT2D eigenvalue weighted by molar-refractivity contribution is 0.521. The smallest absolute Gasteiger partial charge is 0.123 e. The largest absolute Gasteiger partial charge is 0.314 e. The van der Waals surface area contributed by atoms with Crippen LogP contribution in [0.2, 0.25) is 0 Å². The van der Waals surface area contributed by atoms with Crippen molar-refractivity contribution < 1.29 is 4.39 Å². The molecule has 1 aromatic carbocycles. The van der Waals surface area contributed by atoms with E-state index in [1.807, 2.05) is 0 Å². The van der Waals surface area contributed by atoms with Crippen LogP contribution in [0.5, 0.6) is 0 Å². The van der Waals surface area contributed by atoms with Gasteiger partial charge in [-0.2, -0.15) is 0 Å². The van der Waals surface area contributed by atoms with Crippen molar-refractivity contribution in [1.82, 2.24) is 5.32 Å². The topological polar surface area (TPSA) is 12.0 Å². The molecule has 4 heteroatoms. The molecule has 19 heavy (non-hydrogen) atoms. The molecule has 0 amide bonds. The molecule has 1 atom stereocenters. The van der Waals surface area contributed by atoms with Crippen molar-refractivity contribution in [3.8, 4) is 0 Å². The zero-order valence-electron chi connectivity index (χ0n) is 10.8. The van der Waals surface area contributed by atoms with Gasteiger partial charge in [0, 0.05) is 15.4 Å². The van der Waals surface area contributed by atoms with Crippen LogP contribution in [0, 0.1) is 5.82 Å².